The van der Waals surface area contributed by atoms with Gasteiger partial charge in [-0.25, -0.2) is 9.97 Å². The summed E-state index contributed by atoms with van der Waals surface area (Å²) in [5.41, 5.74) is 9.44. The highest BCUT2D eigenvalue weighted by molar-refractivity contribution is 6.23. The van der Waals surface area contributed by atoms with Gasteiger partial charge in [-0.15, -0.1) is 0 Å². The molecule has 5 heteroatoms. The lowest BCUT2D eigenvalue weighted by Crippen LogP contribution is -2.03. The highest BCUT2D eigenvalue weighted by atomic mass is 16.3. The van der Waals surface area contributed by atoms with Crippen molar-refractivity contribution in [1.29, 1.82) is 0 Å². The number of benzene rings is 5. The maximum absolute atomic E-state index is 6.49. The molecule has 0 spiro atoms. The van der Waals surface area contributed by atoms with Gasteiger partial charge >= 0.3 is 0 Å². The van der Waals surface area contributed by atoms with E-state index in [-0.39, 0.29) is 0 Å². The number of hydrogen-bond donors (Lipinski definition) is 0. The minimum atomic E-state index is 0.596. The first-order valence-electron chi connectivity index (χ1n) is 13.6. The van der Waals surface area contributed by atoms with E-state index in [1.54, 1.807) is 6.26 Å². The van der Waals surface area contributed by atoms with Crippen LogP contribution in [-0.4, -0.2) is 14.5 Å². The Balaban J connectivity index is 1.41. The topological polar surface area (TPSA) is 57.0 Å². The maximum atomic E-state index is 6.49. The smallest absolute Gasteiger partial charge is 0.235 e. The van der Waals surface area contributed by atoms with Crippen LogP contribution in [-0.2, 0) is 0 Å². The van der Waals surface area contributed by atoms with Gasteiger partial charge in [0, 0.05) is 21.7 Å². The molecule has 5 nitrogen and oxygen atoms in total. The summed E-state index contributed by atoms with van der Waals surface area (Å²) in [4.78, 5) is 10.5. The Kier molecular flexibility index (Phi) is 4.55. The molecule has 0 atom stereocenters. The van der Waals surface area contributed by atoms with Gasteiger partial charge < -0.3 is 8.83 Å². The standard InChI is InChI=1S/C36H21N3O2/c1-3-9-22(10-4-1)24-15-16-28-27(21-24)33(23-11-5-2-6-12-23)38-36(37-28)39-29-17-18-30-25(19-20-40-30)32(29)35-34(39)26-13-7-8-14-31(26)41-35/h1-21H. The number of nitrogens with zero attached hydrogens (tertiary/aromatic N) is 3. The van der Waals surface area contributed by atoms with E-state index in [1.165, 1.54) is 0 Å². The van der Waals surface area contributed by atoms with E-state index < -0.39 is 0 Å². The Morgan fingerprint density at radius 2 is 1.34 bits per heavy atom. The van der Waals surface area contributed by atoms with Crippen LogP contribution in [0.4, 0.5) is 0 Å². The molecule has 5 aromatic carbocycles. The van der Waals surface area contributed by atoms with Crippen molar-refractivity contribution in [3.8, 4) is 28.3 Å². The molecule has 0 radical (unpaired) electrons. The normalized spacial score (nSPS) is 11.9. The number of fused-ring (bicyclic) bond motifs is 8. The van der Waals surface area contributed by atoms with Gasteiger partial charge in [0.25, 0.3) is 0 Å². The predicted octanol–water partition coefficient (Wildman–Crippen LogP) is 9.55. The third-order valence-electron chi connectivity index (χ3n) is 7.91. The van der Waals surface area contributed by atoms with Crippen LogP contribution in [0.2, 0.25) is 0 Å². The minimum Gasteiger partial charge on any atom is -0.464 e. The van der Waals surface area contributed by atoms with Gasteiger partial charge in [-0.1, -0.05) is 78.9 Å². The zero-order valence-corrected chi connectivity index (χ0v) is 21.8. The van der Waals surface area contributed by atoms with Crippen LogP contribution in [0, 0.1) is 0 Å². The van der Waals surface area contributed by atoms with Crippen molar-refractivity contribution in [2.45, 2.75) is 0 Å². The zero-order chi connectivity index (χ0) is 26.9. The zero-order valence-electron chi connectivity index (χ0n) is 21.8. The largest absolute Gasteiger partial charge is 0.464 e. The molecule has 0 fully saturated rings. The quantitative estimate of drug-likeness (QED) is 0.230. The van der Waals surface area contributed by atoms with Gasteiger partial charge in [0.05, 0.1) is 28.4 Å². The summed E-state index contributed by atoms with van der Waals surface area (Å²) >= 11 is 0. The third-order valence-corrected chi connectivity index (χ3v) is 7.91. The molecule has 192 valence electrons. The molecule has 0 N–H and O–H groups in total. The Hall–Kier alpha value is -5.68. The highest BCUT2D eigenvalue weighted by Crippen LogP contribution is 2.42. The van der Waals surface area contributed by atoms with Crippen LogP contribution >= 0.6 is 0 Å². The molecular weight excluding hydrogens is 506 g/mol. The van der Waals surface area contributed by atoms with Crippen LogP contribution in [0.25, 0.3) is 83.2 Å². The van der Waals surface area contributed by atoms with Crippen LogP contribution in [0.3, 0.4) is 0 Å². The molecule has 0 aliphatic heterocycles. The van der Waals surface area contributed by atoms with Gasteiger partial charge in [-0.05, 0) is 53.6 Å². The average molecular weight is 528 g/mol. The summed E-state index contributed by atoms with van der Waals surface area (Å²) < 4.78 is 14.4. The van der Waals surface area contributed by atoms with Gasteiger partial charge in [0.15, 0.2) is 5.58 Å². The maximum Gasteiger partial charge on any atom is 0.235 e. The molecule has 9 rings (SSSR count). The second-order valence-corrected chi connectivity index (χ2v) is 10.2. The van der Waals surface area contributed by atoms with E-state index in [4.69, 9.17) is 18.8 Å². The Morgan fingerprint density at radius 3 is 2.20 bits per heavy atom. The number of para-hydroxylation sites is 1. The molecular formula is C36H21N3O2. The first kappa shape index (κ1) is 22.2. The van der Waals surface area contributed by atoms with Crippen LogP contribution in [0.1, 0.15) is 0 Å². The average Bonchev–Trinajstić information content (AvgIpc) is 3.74. The van der Waals surface area contributed by atoms with Crippen molar-refractivity contribution >= 4 is 54.8 Å². The molecule has 9 aromatic rings. The third kappa shape index (κ3) is 3.23. The summed E-state index contributed by atoms with van der Waals surface area (Å²) in [6, 6.07) is 41.4. The van der Waals surface area contributed by atoms with E-state index in [0.29, 0.717) is 5.95 Å². The Bertz CT molecular complexity index is 2420. The van der Waals surface area contributed by atoms with Crippen LogP contribution in [0.5, 0.6) is 0 Å². The van der Waals surface area contributed by atoms with E-state index in [9.17, 15) is 0 Å². The second-order valence-electron chi connectivity index (χ2n) is 10.2. The molecule has 0 saturated carbocycles. The highest BCUT2D eigenvalue weighted by Gasteiger charge is 2.24. The van der Waals surface area contributed by atoms with Crippen molar-refractivity contribution in [2.75, 3.05) is 0 Å². The van der Waals surface area contributed by atoms with E-state index in [1.807, 2.05) is 54.6 Å². The van der Waals surface area contributed by atoms with Gasteiger partial charge in [-0.2, -0.15) is 0 Å². The molecule has 4 heterocycles. The van der Waals surface area contributed by atoms with Gasteiger partial charge in [0.1, 0.15) is 16.7 Å². The van der Waals surface area contributed by atoms with E-state index in [2.05, 4.69) is 71.3 Å². The molecule has 0 aliphatic carbocycles. The number of hydrogen-bond acceptors (Lipinski definition) is 4. The molecule has 4 aromatic heterocycles. The predicted molar refractivity (Wildman–Crippen MR) is 164 cm³/mol. The fraction of sp³-hybridized carbons (Fsp3) is 0. The molecule has 0 saturated heterocycles. The van der Waals surface area contributed by atoms with E-state index >= 15 is 0 Å². The van der Waals surface area contributed by atoms with Crippen molar-refractivity contribution < 1.29 is 8.83 Å². The lowest BCUT2D eigenvalue weighted by molar-refractivity contribution is 0.616. The molecule has 0 aliphatic rings. The lowest BCUT2D eigenvalue weighted by atomic mass is 10.0. The Morgan fingerprint density at radius 1 is 0.561 bits per heavy atom. The fourth-order valence-corrected chi connectivity index (χ4v) is 6.05. The van der Waals surface area contributed by atoms with E-state index in [0.717, 1.165) is 77.2 Å². The summed E-state index contributed by atoms with van der Waals surface area (Å²) in [5.74, 6) is 0.596. The summed E-state index contributed by atoms with van der Waals surface area (Å²) in [6.07, 6.45) is 1.72. The summed E-state index contributed by atoms with van der Waals surface area (Å²) in [7, 11) is 0. The second kappa shape index (κ2) is 8.41. The van der Waals surface area contributed by atoms with Gasteiger partial charge in [0.2, 0.25) is 5.95 Å². The Labute approximate surface area is 233 Å². The number of aromatic nitrogens is 3. The summed E-state index contributed by atoms with van der Waals surface area (Å²) in [5, 5.41) is 4.01. The van der Waals surface area contributed by atoms with Crippen LogP contribution in [0.15, 0.2) is 136 Å². The van der Waals surface area contributed by atoms with Crippen molar-refractivity contribution in [1.82, 2.24) is 14.5 Å². The van der Waals surface area contributed by atoms with Crippen molar-refractivity contribution in [2.24, 2.45) is 0 Å². The molecule has 0 bridgehead atoms. The minimum absolute atomic E-state index is 0.596. The summed E-state index contributed by atoms with van der Waals surface area (Å²) in [6.45, 7) is 0. The molecule has 41 heavy (non-hydrogen) atoms. The molecule has 0 unspecified atom stereocenters. The van der Waals surface area contributed by atoms with Crippen molar-refractivity contribution in [3.63, 3.8) is 0 Å². The number of rotatable bonds is 3. The molecule has 0 amide bonds. The first-order valence-corrected chi connectivity index (χ1v) is 13.6. The monoisotopic (exact) mass is 527 g/mol. The lowest BCUT2D eigenvalue weighted by Gasteiger charge is -2.13. The SMILES string of the molecule is c1ccc(-c2ccc3nc(-n4c5ccc6occc6c5c5oc6ccccc6c54)nc(-c4ccccc4)c3c2)cc1. The van der Waals surface area contributed by atoms with Crippen LogP contribution < -0.4 is 0 Å². The van der Waals surface area contributed by atoms with Crippen molar-refractivity contribution in [3.05, 3.63) is 128 Å². The first-order chi connectivity index (χ1) is 20.3. The number of furan rings is 2. The van der Waals surface area contributed by atoms with Gasteiger partial charge in [-0.3, -0.25) is 4.57 Å². The fourth-order valence-electron chi connectivity index (χ4n) is 6.05.